The molecule has 0 aliphatic heterocycles. The van der Waals surface area contributed by atoms with Crippen molar-refractivity contribution < 1.29 is 24.4 Å². The van der Waals surface area contributed by atoms with Gasteiger partial charge < -0.3 is 9.84 Å². The molecule has 0 unspecified atom stereocenters. The molecule has 25 heavy (non-hydrogen) atoms. The van der Waals surface area contributed by atoms with Crippen LogP contribution in [0.2, 0.25) is 0 Å². The van der Waals surface area contributed by atoms with E-state index in [1.54, 1.807) is 20.8 Å². The summed E-state index contributed by atoms with van der Waals surface area (Å²) in [5.74, 6) is -1.12. The van der Waals surface area contributed by atoms with Gasteiger partial charge in [-0.2, -0.15) is 0 Å². The molecule has 0 atom stereocenters. The van der Waals surface area contributed by atoms with E-state index < -0.39 is 16.5 Å². The van der Waals surface area contributed by atoms with Crippen LogP contribution in [-0.4, -0.2) is 34.0 Å². The zero-order valence-corrected chi connectivity index (χ0v) is 14.7. The predicted octanol–water partition coefficient (Wildman–Crippen LogP) is 3.05. The van der Waals surface area contributed by atoms with E-state index in [1.165, 1.54) is 30.3 Å². The van der Waals surface area contributed by atoms with Crippen LogP contribution in [0, 0.1) is 10.1 Å². The lowest BCUT2D eigenvalue weighted by Gasteiger charge is -2.20. The summed E-state index contributed by atoms with van der Waals surface area (Å²) in [6.45, 7) is 5.07. The molecule has 0 bridgehead atoms. The number of non-ortho nitro benzene ring substituents is 1. The first-order valence-corrected chi connectivity index (χ1v) is 7.97. The second kappa shape index (κ2) is 9.08. The van der Waals surface area contributed by atoms with Gasteiger partial charge >= 0.3 is 5.97 Å². The van der Waals surface area contributed by atoms with Gasteiger partial charge in [-0.1, -0.05) is 0 Å². The van der Waals surface area contributed by atoms with Crippen molar-refractivity contribution in [3.63, 3.8) is 0 Å². The average Bonchev–Trinajstić information content (AvgIpc) is 2.51. The summed E-state index contributed by atoms with van der Waals surface area (Å²) < 4.78 is 5.28. The maximum absolute atomic E-state index is 12.4. The van der Waals surface area contributed by atoms with Crippen LogP contribution in [0.4, 0.5) is 5.69 Å². The highest BCUT2D eigenvalue weighted by Gasteiger charge is 2.24. The molecule has 1 N–H and O–H groups in total. The molecule has 0 fully saturated rings. The quantitative estimate of drug-likeness (QED) is 0.147. The first kappa shape index (κ1) is 20.5. The first-order valence-electron chi connectivity index (χ1n) is 7.97. The summed E-state index contributed by atoms with van der Waals surface area (Å²) in [5, 5.41) is 19.5. The van der Waals surface area contributed by atoms with Crippen LogP contribution in [0.25, 0.3) is 6.08 Å². The number of Topliss-reactive ketones (excluding diaryl/α,β-unsaturated/α-hetero) is 1. The molecular weight excluding hydrogens is 326 g/mol. The molecule has 7 nitrogen and oxygen atoms in total. The number of nitro benzene ring substituents is 1. The van der Waals surface area contributed by atoms with E-state index in [2.05, 4.69) is 0 Å². The Morgan fingerprint density at radius 3 is 2.28 bits per heavy atom. The Labute approximate surface area is 146 Å². The second-order valence-electron chi connectivity index (χ2n) is 6.51. The average molecular weight is 349 g/mol. The normalized spacial score (nSPS) is 11.9. The number of hydrogen-bond donors (Lipinski definition) is 1. The Hall–Kier alpha value is -2.54. The van der Waals surface area contributed by atoms with Gasteiger partial charge in [0, 0.05) is 25.2 Å². The van der Waals surface area contributed by atoms with E-state index in [4.69, 9.17) is 9.84 Å². The molecule has 136 valence electrons. The third-order valence-electron chi connectivity index (χ3n) is 3.15. The number of hydrogen-bond acceptors (Lipinski definition) is 6. The third-order valence-corrected chi connectivity index (χ3v) is 3.15. The first-order chi connectivity index (χ1) is 11.6. The molecule has 0 amide bonds. The number of aliphatic hydroxyl groups excluding tert-OH is 1. The molecule has 1 aromatic rings. The van der Waals surface area contributed by atoms with Crippen molar-refractivity contribution in [2.75, 3.05) is 6.61 Å². The van der Waals surface area contributed by atoms with Crippen LogP contribution >= 0.6 is 0 Å². The predicted molar refractivity (Wildman–Crippen MR) is 92.9 cm³/mol. The zero-order chi connectivity index (χ0) is 19.0. The standard InChI is InChI=1S/C18H23NO6/c1-18(2,3)25-17(22)15(16(21)6-4-5-11-20)12-13-7-9-14(10-8-13)19(23)24/h7-10,12,20H,4-6,11H2,1-3H3/b15-12+. The van der Waals surface area contributed by atoms with Crippen molar-refractivity contribution in [2.45, 2.75) is 45.6 Å². The van der Waals surface area contributed by atoms with Gasteiger partial charge in [0.25, 0.3) is 5.69 Å². The number of benzene rings is 1. The van der Waals surface area contributed by atoms with Crippen LogP contribution in [0.15, 0.2) is 29.8 Å². The second-order valence-corrected chi connectivity index (χ2v) is 6.51. The number of ether oxygens (including phenoxy) is 1. The van der Waals surface area contributed by atoms with E-state index in [9.17, 15) is 19.7 Å². The van der Waals surface area contributed by atoms with Crippen molar-refractivity contribution >= 4 is 23.5 Å². The number of nitro groups is 1. The Kier molecular flexibility index (Phi) is 7.44. The van der Waals surface area contributed by atoms with Gasteiger partial charge in [-0.15, -0.1) is 0 Å². The summed E-state index contributed by atoms with van der Waals surface area (Å²) >= 11 is 0. The fraction of sp³-hybridized carbons (Fsp3) is 0.444. The van der Waals surface area contributed by atoms with Gasteiger partial charge in [-0.05, 0) is 57.4 Å². The summed E-state index contributed by atoms with van der Waals surface area (Å²) in [6, 6.07) is 5.52. The Morgan fingerprint density at radius 1 is 1.20 bits per heavy atom. The van der Waals surface area contributed by atoms with Gasteiger partial charge in [-0.25, -0.2) is 4.79 Å². The molecule has 0 saturated heterocycles. The number of carbonyl (C=O) groups is 2. The molecule has 0 spiro atoms. The third kappa shape index (κ3) is 7.26. The topological polar surface area (TPSA) is 107 Å². The molecule has 0 heterocycles. The zero-order valence-electron chi connectivity index (χ0n) is 14.7. The van der Waals surface area contributed by atoms with Crippen LogP contribution in [0.3, 0.4) is 0 Å². The molecular formula is C18H23NO6. The van der Waals surface area contributed by atoms with Crippen molar-refractivity contribution in [2.24, 2.45) is 0 Å². The fourth-order valence-corrected chi connectivity index (χ4v) is 1.98. The van der Waals surface area contributed by atoms with Gasteiger partial charge in [0.15, 0.2) is 5.78 Å². The summed E-state index contributed by atoms with van der Waals surface area (Å²) in [6.07, 6.45) is 2.40. The maximum Gasteiger partial charge on any atom is 0.342 e. The summed E-state index contributed by atoms with van der Waals surface area (Å²) in [4.78, 5) is 34.9. The number of unbranched alkanes of at least 4 members (excludes halogenated alkanes) is 1. The fourth-order valence-electron chi connectivity index (χ4n) is 1.98. The van der Waals surface area contributed by atoms with Crippen LogP contribution in [0.1, 0.15) is 45.6 Å². The molecule has 1 rings (SSSR count). The van der Waals surface area contributed by atoms with Crippen LogP contribution < -0.4 is 0 Å². The lowest BCUT2D eigenvalue weighted by Crippen LogP contribution is -2.27. The number of nitrogens with zero attached hydrogens (tertiary/aromatic N) is 1. The number of carbonyl (C=O) groups excluding carboxylic acids is 2. The van der Waals surface area contributed by atoms with E-state index in [-0.39, 0.29) is 30.1 Å². The Bertz CT molecular complexity index is 655. The van der Waals surface area contributed by atoms with Crippen molar-refractivity contribution in [3.8, 4) is 0 Å². The van der Waals surface area contributed by atoms with E-state index >= 15 is 0 Å². The van der Waals surface area contributed by atoms with Gasteiger partial charge in [-0.3, -0.25) is 14.9 Å². The highest BCUT2D eigenvalue weighted by Crippen LogP contribution is 2.19. The molecule has 0 saturated carbocycles. The van der Waals surface area contributed by atoms with Crippen molar-refractivity contribution in [1.29, 1.82) is 0 Å². The number of ketones is 1. The molecule has 0 radical (unpaired) electrons. The van der Waals surface area contributed by atoms with E-state index in [0.29, 0.717) is 18.4 Å². The SMILES string of the molecule is CC(C)(C)OC(=O)/C(=C/c1ccc([N+](=O)[O-])cc1)C(=O)CCCCO. The van der Waals surface area contributed by atoms with Crippen molar-refractivity contribution in [1.82, 2.24) is 0 Å². The monoisotopic (exact) mass is 349 g/mol. The van der Waals surface area contributed by atoms with E-state index in [1.807, 2.05) is 0 Å². The minimum atomic E-state index is -0.753. The van der Waals surface area contributed by atoms with Gasteiger partial charge in [0.2, 0.25) is 0 Å². The minimum Gasteiger partial charge on any atom is -0.456 e. The van der Waals surface area contributed by atoms with Crippen molar-refractivity contribution in [3.05, 3.63) is 45.5 Å². The molecule has 0 aliphatic carbocycles. The highest BCUT2D eigenvalue weighted by atomic mass is 16.6. The maximum atomic E-state index is 12.4. The number of rotatable bonds is 8. The van der Waals surface area contributed by atoms with Crippen LogP contribution in [-0.2, 0) is 14.3 Å². The largest absolute Gasteiger partial charge is 0.456 e. The number of aliphatic hydroxyl groups is 1. The van der Waals surface area contributed by atoms with Crippen LogP contribution in [0.5, 0.6) is 0 Å². The lowest BCUT2D eigenvalue weighted by atomic mass is 10.0. The molecule has 0 aliphatic rings. The molecule has 7 heteroatoms. The summed E-state index contributed by atoms with van der Waals surface area (Å²) in [7, 11) is 0. The summed E-state index contributed by atoms with van der Waals surface area (Å²) in [5.41, 5.74) is -0.453. The molecule has 0 aromatic heterocycles. The molecule has 1 aromatic carbocycles. The van der Waals surface area contributed by atoms with Gasteiger partial charge in [0.1, 0.15) is 11.2 Å². The highest BCUT2D eigenvalue weighted by molar-refractivity contribution is 6.20. The Morgan fingerprint density at radius 2 is 1.80 bits per heavy atom. The number of esters is 1. The smallest absolute Gasteiger partial charge is 0.342 e. The minimum absolute atomic E-state index is 0.0267. The van der Waals surface area contributed by atoms with Gasteiger partial charge in [0.05, 0.1) is 4.92 Å². The van der Waals surface area contributed by atoms with E-state index in [0.717, 1.165) is 0 Å². The Balaban J connectivity index is 3.09. The lowest BCUT2D eigenvalue weighted by molar-refractivity contribution is -0.384.